The third kappa shape index (κ3) is 2.00. The summed E-state index contributed by atoms with van der Waals surface area (Å²) in [5, 5.41) is 0. The molecule has 2 atom stereocenters. The third-order valence-electron chi connectivity index (χ3n) is 4.28. The summed E-state index contributed by atoms with van der Waals surface area (Å²) in [6.45, 7) is 2.70. The number of oxazole rings is 1. The van der Waals surface area contributed by atoms with E-state index in [2.05, 4.69) is 4.98 Å². The summed E-state index contributed by atoms with van der Waals surface area (Å²) in [7, 11) is 0. The Morgan fingerprint density at radius 1 is 1.53 bits per heavy atom. The van der Waals surface area contributed by atoms with E-state index in [1.807, 2.05) is 6.92 Å². The first kappa shape index (κ1) is 11.2. The molecule has 1 aromatic rings. The molecule has 1 saturated heterocycles. The first-order valence-corrected chi connectivity index (χ1v) is 6.50. The second-order valence-corrected chi connectivity index (χ2v) is 5.46. The maximum absolute atomic E-state index is 6.30. The van der Waals surface area contributed by atoms with Crippen molar-refractivity contribution in [3.8, 4) is 0 Å². The van der Waals surface area contributed by atoms with Crippen LogP contribution in [0, 0.1) is 12.8 Å². The highest BCUT2D eigenvalue weighted by Crippen LogP contribution is 2.46. The largest absolute Gasteiger partial charge is 0.449 e. The van der Waals surface area contributed by atoms with E-state index in [9.17, 15) is 0 Å². The zero-order chi connectivity index (χ0) is 11.9. The van der Waals surface area contributed by atoms with Gasteiger partial charge < -0.3 is 14.9 Å². The molecule has 2 heterocycles. The van der Waals surface area contributed by atoms with Crippen LogP contribution in [0.2, 0.25) is 0 Å². The molecule has 4 heteroatoms. The van der Waals surface area contributed by atoms with Gasteiger partial charge in [-0.15, -0.1) is 0 Å². The fourth-order valence-electron chi connectivity index (χ4n) is 3.07. The smallest absolute Gasteiger partial charge is 0.191 e. The van der Waals surface area contributed by atoms with Crippen LogP contribution in [-0.4, -0.2) is 17.2 Å². The van der Waals surface area contributed by atoms with Gasteiger partial charge in [-0.1, -0.05) is 0 Å². The maximum Gasteiger partial charge on any atom is 0.191 e. The highest BCUT2D eigenvalue weighted by molar-refractivity contribution is 5.06. The average Bonchev–Trinajstić information content (AvgIpc) is 2.73. The van der Waals surface area contributed by atoms with Gasteiger partial charge in [0.15, 0.2) is 5.89 Å². The maximum atomic E-state index is 6.30. The number of hydrogen-bond donors (Lipinski definition) is 1. The third-order valence-corrected chi connectivity index (χ3v) is 4.28. The molecule has 1 saturated carbocycles. The van der Waals surface area contributed by atoms with E-state index >= 15 is 0 Å². The molecule has 17 heavy (non-hydrogen) atoms. The van der Waals surface area contributed by atoms with Crippen molar-refractivity contribution in [3.63, 3.8) is 0 Å². The van der Waals surface area contributed by atoms with E-state index < -0.39 is 0 Å². The molecule has 4 nitrogen and oxygen atoms in total. The number of hydrogen-bond acceptors (Lipinski definition) is 4. The lowest BCUT2D eigenvalue weighted by Crippen LogP contribution is -2.47. The van der Waals surface area contributed by atoms with Gasteiger partial charge in [0.25, 0.3) is 0 Å². The molecule has 2 aliphatic rings. The predicted octanol–water partition coefficient (Wildman–Crippen LogP) is 2.33. The number of nitrogens with two attached hydrogens (primary N) is 1. The fraction of sp³-hybridized carbons (Fsp3) is 0.769. The number of rotatable bonds is 2. The molecule has 1 spiro atoms. The van der Waals surface area contributed by atoms with Crippen molar-refractivity contribution >= 4 is 0 Å². The van der Waals surface area contributed by atoms with Gasteiger partial charge in [0.05, 0.1) is 17.3 Å². The van der Waals surface area contributed by atoms with Crippen molar-refractivity contribution in [2.45, 2.75) is 50.7 Å². The molecule has 1 aliphatic heterocycles. The zero-order valence-electron chi connectivity index (χ0n) is 10.3. The monoisotopic (exact) mass is 236 g/mol. The highest BCUT2D eigenvalue weighted by Gasteiger charge is 2.44. The number of nitrogens with zero attached hydrogens (tertiary/aromatic N) is 1. The van der Waals surface area contributed by atoms with Crippen LogP contribution < -0.4 is 5.73 Å². The van der Waals surface area contributed by atoms with Gasteiger partial charge in [-0.25, -0.2) is 4.98 Å². The van der Waals surface area contributed by atoms with Gasteiger partial charge in [-0.3, -0.25) is 0 Å². The van der Waals surface area contributed by atoms with Crippen LogP contribution in [-0.2, 0) is 4.74 Å². The predicted molar refractivity (Wildman–Crippen MR) is 63.4 cm³/mol. The molecule has 0 aromatic carbocycles. The van der Waals surface area contributed by atoms with Crippen molar-refractivity contribution in [1.29, 1.82) is 0 Å². The van der Waals surface area contributed by atoms with Gasteiger partial charge in [-0.2, -0.15) is 0 Å². The second-order valence-electron chi connectivity index (χ2n) is 5.46. The van der Waals surface area contributed by atoms with Gasteiger partial charge in [0.2, 0.25) is 0 Å². The highest BCUT2D eigenvalue weighted by atomic mass is 16.5. The Balaban J connectivity index is 1.71. The molecule has 0 amide bonds. The zero-order valence-corrected chi connectivity index (χ0v) is 10.3. The molecule has 2 fully saturated rings. The second kappa shape index (κ2) is 4.10. The first-order valence-electron chi connectivity index (χ1n) is 6.50. The topological polar surface area (TPSA) is 61.3 Å². The Morgan fingerprint density at radius 3 is 2.94 bits per heavy atom. The van der Waals surface area contributed by atoms with Crippen LogP contribution >= 0.6 is 0 Å². The summed E-state index contributed by atoms with van der Waals surface area (Å²) in [6, 6.07) is -0.00572. The Hall–Kier alpha value is -0.870. The number of ether oxygens (including phenoxy) is 1. The molecular weight excluding hydrogens is 216 g/mol. The molecule has 1 aromatic heterocycles. The van der Waals surface area contributed by atoms with Crippen LogP contribution in [0.15, 0.2) is 10.7 Å². The minimum Gasteiger partial charge on any atom is -0.449 e. The lowest BCUT2D eigenvalue weighted by Gasteiger charge is -2.48. The molecule has 2 unspecified atom stereocenters. The summed E-state index contributed by atoms with van der Waals surface area (Å²) < 4.78 is 11.2. The number of aromatic nitrogens is 1. The summed E-state index contributed by atoms with van der Waals surface area (Å²) >= 11 is 0. The summed E-state index contributed by atoms with van der Waals surface area (Å²) in [5.41, 5.74) is 7.35. The van der Waals surface area contributed by atoms with Crippen molar-refractivity contribution in [2.24, 2.45) is 11.7 Å². The summed E-state index contributed by atoms with van der Waals surface area (Å²) in [6.07, 6.45) is 7.52. The van der Waals surface area contributed by atoms with Crippen LogP contribution in [0.5, 0.6) is 0 Å². The Morgan fingerprint density at radius 2 is 2.35 bits per heavy atom. The van der Waals surface area contributed by atoms with Crippen LogP contribution in [0.3, 0.4) is 0 Å². The van der Waals surface area contributed by atoms with E-state index in [0.29, 0.717) is 11.8 Å². The van der Waals surface area contributed by atoms with Crippen molar-refractivity contribution in [2.75, 3.05) is 6.61 Å². The molecule has 0 bridgehead atoms. The number of aryl methyl sites for hydroxylation is 1. The van der Waals surface area contributed by atoms with E-state index in [0.717, 1.165) is 25.1 Å². The molecule has 2 N–H and O–H groups in total. The Labute approximate surface area is 102 Å². The van der Waals surface area contributed by atoms with Crippen molar-refractivity contribution in [3.05, 3.63) is 17.8 Å². The summed E-state index contributed by atoms with van der Waals surface area (Å²) in [4.78, 5) is 4.34. The molecule has 3 rings (SSSR count). The van der Waals surface area contributed by atoms with Crippen LogP contribution in [0.4, 0.5) is 0 Å². The normalized spacial score (nSPS) is 28.9. The fourth-order valence-corrected chi connectivity index (χ4v) is 3.07. The Bertz CT molecular complexity index is 398. The van der Waals surface area contributed by atoms with Crippen LogP contribution in [0.25, 0.3) is 0 Å². The first-order chi connectivity index (χ1) is 8.19. The molecule has 0 radical (unpaired) electrons. The standard InChI is InChI=1S/C13H20N2O2/c1-9-15-11(8-16-9)12(14)10-3-6-17-13(7-10)4-2-5-13/h8,10,12H,2-7,14H2,1H3. The van der Waals surface area contributed by atoms with Crippen molar-refractivity contribution < 1.29 is 9.15 Å². The van der Waals surface area contributed by atoms with E-state index in [4.69, 9.17) is 14.9 Å². The quantitative estimate of drug-likeness (QED) is 0.856. The van der Waals surface area contributed by atoms with E-state index in [1.165, 1.54) is 19.3 Å². The molecule has 1 aliphatic carbocycles. The van der Waals surface area contributed by atoms with Crippen LogP contribution in [0.1, 0.15) is 49.7 Å². The lowest BCUT2D eigenvalue weighted by atomic mass is 9.70. The van der Waals surface area contributed by atoms with Gasteiger partial charge in [0, 0.05) is 13.5 Å². The Kier molecular flexibility index (Phi) is 2.71. The molecule has 94 valence electrons. The average molecular weight is 236 g/mol. The van der Waals surface area contributed by atoms with E-state index in [1.54, 1.807) is 6.26 Å². The van der Waals surface area contributed by atoms with Gasteiger partial charge in [0.1, 0.15) is 6.26 Å². The lowest BCUT2D eigenvalue weighted by molar-refractivity contribution is -0.146. The van der Waals surface area contributed by atoms with E-state index in [-0.39, 0.29) is 11.6 Å². The van der Waals surface area contributed by atoms with Crippen molar-refractivity contribution in [1.82, 2.24) is 4.98 Å². The SMILES string of the molecule is Cc1nc(C(N)C2CCOC3(CCC3)C2)co1. The summed E-state index contributed by atoms with van der Waals surface area (Å²) in [5.74, 6) is 1.18. The minimum absolute atomic E-state index is 0.00572. The molecular formula is C13H20N2O2. The van der Waals surface area contributed by atoms with Gasteiger partial charge in [-0.05, 0) is 38.0 Å². The minimum atomic E-state index is -0.00572. The van der Waals surface area contributed by atoms with Gasteiger partial charge >= 0.3 is 0 Å².